The van der Waals surface area contributed by atoms with E-state index >= 15 is 0 Å². The highest BCUT2D eigenvalue weighted by Gasteiger charge is 2.11. The molecule has 2 N–H and O–H groups in total. The summed E-state index contributed by atoms with van der Waals surface area (Å²) in [4.78, 5) is 3.94. The van der Waals surface area contributed by atoms with Gasteiger partial charge in [-0.15, -0.1) is 0 Å². The van der Waals surface area contributed by atoms with Crippen molar-refractivity contribution in [2.24, 2.45) is 5.73 Å². The number of para-hydroxylation sites is 1. The van der Waals surface area contributed by atoms with Crippen LogP contribution in [0.15, 0.2) is 29.1 Å². The Bertz CT molecular complexity index is 511. The van der Waals surface area contributed by atoms with Crippen LogP contribution in [0.4, 0.5) is 0 Å². The van der Waals surface area contributed by atoms with Crippen LogP contribution in [0.25, 0.3) is 0 Å². The molecule has 0 saturated heterocycles. The number of benzene rings is 1. The van der Waals surface area contributed by atoms with Crippen LogP contribution in [0.2, 0.25) is 0 Å². The van der Waals surface area contributed by atoms with Crippen LogP contribution >= 0.6 is 0 Å². The second-order valence-corrected chi connectivity index (χ2v) is 4.57. The largest absolute Gasteiger partial charge is 0.485 e. The molecule has 2 rings (SSSR count). The maximum atomic E-state index is 6.02. The molecule has 0 fully saturated rings. The summed E-state index contributed by atoms with van der Waals surface area (Å²) in [6.07, 6.45) is 3.04. The topological polar surface area (TPSA) is 74.2 Å². The van der Waals surface area contributed by atoms with Crippen molar-refractivity contribution in [2.45, 2.75) is 39.3 Å². The summed E-state index contributed by atoms with van der Waals surface area (Å²) in [7, 11) is 0. The summed E-state index contributed by atoms with van der Waals surface area (Å²) < 4.78 is 10.5. The zero-order chi connectivity index (χ0) is 13.7. The monoisotopic (exact) mass is 261 g/mol. The highest BCUT2D eigenvalue weighted by atomic mass is 16.5. The van der Waals surface area contributed by atoms with Crippen molar-refractivity contribution in [3.63, 3.8) is 0 Å². The smallest absolute Gasteiger partial charge is 0.213 e. The molecule has 0 spiro atoms. The van der Waals surface area contributed by atoms with Crippen molar-refractivity contribution < 1.29 is 9.26 Å². The average molecular weight is 261 g/mol. The molecule has 0 aliphatic carbocycles. The second-order valence-electron chi connectivity index (χ2n) is 4.57. The van der Waals surface area contributed by atoms with Gasteiger partial charge in [0.05, 0.1) is 0 Å². The number of ether oxygens (including phenoxy) is 1. The number of nitrogens with two attached hydrogens (primary N) is 1. The predicted octanol–water partition coefficient (Wildman–Crippen LogP) is 2.24. The fraction of sp³-hybridized carbons (Fsp3) is 0.429. The van der Waals surface area contributed by atoms with E-state index in [2.05, 4.69) is 21.6 Å². The molecule has 1 heterocycles. The Hall–Kier alpha value is -1.88. The summed E-state index contributed by atoms with van der Waals surface area (Å²) in [5.74, 6) is 1.41. The van der Waals surface area contributed by atoms with Crippen LogP contribution in [0, 0.1) is 6.92 Å². The minimum Gasteiger partial charge on any atom is -0.485 e. The van der Waals surface area contributed by atoms with Gasteiger partial charge in [-0.1, -0.05) is 30.3 Å². The van der Waals surface area contributed by atoms with Gasteiger partial charge >= 0.3 is 0 Å². The van der Waals surface area contributed by atoms with Gasteiger partial charge in [0.15, 0.2) is 6.61 Å². The zero-order valence-electron chi connectivity index (χ0n) is 11.3. The number of aryl methyl sites for hydroxylation is 1. The van der Waals surface area contributed by atoms with Gasteiger partial charge in [0.25, 0.3) is 0 Å². The van der Waals surface area contributed by atoms with Gasteiger partial charge in [-0.05, 0) is 30.9 Å². The molecule has 5 nitrogen and oxygen atoms in total. The van der Waals surface area contributed by atoms with Crippen molar-refractivity contribution >= 4 is 0 Å². The molecular formula is C14H19N3O2. The molecule has 2 aromatic rings. The van der Waals surface area contributed by atoms with Crippen LogP contribution in [0.3, 0.4) is 0 Å². The van der Waals surface area contributed by atoms with E-state index in [0.717, 1.165) is 29.7 Å². The van der Waals surface area contributed by atoms with Gasteiger partial charge in [0.1, 0.15) is 5.75 Å². The first-order valence-electron chi connectivity index (χ1n) is 6.42. The third-order valence-corrected chi connectivity index (χ3v) is 3.05. The number of hydrogen-bond donors (Lipinski definition) is 1. The molecule has 0 aliphatic heterocycles. The SMILES string of the molecule is CCC(N)Cc1cccc(C)c1OCc1ncon1. The van der Waals surface area contributed by atoms with E-state index in [4.69, 9.17) is 10.5 Å². The van der Waals surface area contributed by atoms with Crippen LogP contribution in [0.5, 0.6) is 5.75 Å². The van der Waals surface area contributed by atoms with Crippen LogP contribution in [-0.4, -0.2) is 16.2 Å². The second kappa shape index (κ2) is 6.33. The third kappa shape index (κ3) is 3.54. The summed E-state index contributed by atoms with van der Waals surface area (Å²) in [5.41, 5.74) is 8.23. The summed E-state index contributed by atoms with van der Waals surface area (Å²) in [5, 5.41) is 3.73. The Kier molecular flexibility index (Phi) is 4.52. The normalized spacial score (nSPS) is 12.4. The molecule has 0 amide bonds. The standard InChI is InChI=1S/C14H19N3O2/c1-3-12(15)7-11-6-4-5-10(2)14(11)18-8-13-16-9-19-17-13/h4-6,9,12H,3,7-8,15H2,1-2H3. The lowest BCUT2D eigenvalue weighted by Crippen LogP contribution is -2.21. The zero-order valence-corrected chi connectivity index (χ0v) is 11.3. The Morgan fingerprint density at radius 1 is 1.42 bits per heavy atom. The van der Waals surface area contributed by atoms with Crippen LogP contribution < -0.4 is 10.5 Å². The molecule has 0 aliphatic rings. The molecule has 1 aromatic heterocycles. The van der Waals surface area contributed by atoms with Gasteiger partial charge in [0.2, 0.25) is 12.2 Å². The first-order valence-corrected chi connectivity index (χ1v) is 6.42. The van der Waals surface area contributed by atoms with E-state index in [1.54, 1.807) is 0 Å². The highest BCUT2D eigenvalue weighted by molar-refractivity contribution is 5.41. The first kappa shape index (κ1) is 13.5. The van der Waals surface area contributed by atoms with Gasteiger partial charge in [-0.3, -0.25) is 0 Å². The fourth-order valence-corrected chi connectivity index (χ4v) is 1.90. The molecule has 19 heavy (non-hydrogen) atoms. The van der Waals surface area contributed by atoms with Gasteiger partial charge in [-0.25, -0.2) is 0 Å². The number of nitrogens with zero attached hydrogens (tertiary/aromatic N) is 2. The third-order valence-electron chi connectivity index (χ3n) is 3.05. The molecule has 0 radical (unpaired) electrons. The predicted molar refractivity (Wildman–Crippen MR) is 71.8 cm³/mol. The van der Waals surface area contributed by atoms with E-state index < -0.39 is 0 Å². The maximum Gasteiger partial charge on any atom is 0.213 e. The Labute approximate surface area is 112 Å². The average Bonchev–Trinajstić information content (AvgIpc) is 2.91. The summed E-state index contributed by atoms with van der Waals surface area (Å²) in [6.45, 7) is 4.41. The van der Waals surface area contributed by atoms with Gasteiger partial charge < -0.3 is 15.0 Å². The van der Waals surface area contributed by atoms with Crippen molar-refractivity contribution in [3.8, 4) is 5.75 Å². The van der Waals surface area contributed by atoms with E-state index in [9.17, 15) is 0 Å². The molecule has 0 bridgehead atoms. The lowest BCUT2D eigenvalue weighted by molar-refractivity contribution is 0.281. The highest BCUT2D eigenvalue weighted by Crippen LogP contribution is 2.25. The quantitative estimate of drug-likeness (QED) is 0.863. The maximum absolute atomic E-state index is 6.02. The van der Waals surface area contributed by atoms with Crippen molar-refractivity contribution in [1.29, 1.82) is 0 Å². The van der Waals surface area contributed by atoms with Crippen molar-refractivity contribution in [2.75, 3.05) is 0 Å². The first-order chi connectivity index (χ1) is 9.20. The van der Waals surface area contributed by atoms with E-state index in [1.807, 2.05) is 25.1 Å². The Morgan fingerprint density at radius 3 is 2.95 bits per heavy atom. The summed E-state index contributed by atoms with van der Waals surface area (Å²) in [6, 6.07) is 6.24. The number of hydrogen-bond acceptors (Lipinski definition) is 5. The molecule has 102 valence electrons. The molecule has 1 aromatic carbocycles. The molecule has 0 saturated carbocycles. The van der Waals surface area contributed by atoms with Crippen LogP contribution in [-0.2, 0) is 13.0 Å². The Balaban J connectivity index is 2.13. The molecule has 1 atom stereocenters. The fourth-order valence-electron chi connectivity index (χ4n) is 1.90. The molecule has 5 heteroatoms. The minimum atomic E-state index is 0.148. The van der Waals surface area contributed by atoms with Crippen molar-refractivity contribution in [1.82, 2.24) is 10.1 Å². The minimum absolute atomic E-state index is 0.148. The summed E-state index contributed by atoms with van der Waals surface area (Å²) >= 11 is 0. The van der Waals surface area contributed by atoms with Crippen LogP contribution in [0.1, 0.15) is 30.3 Å². The van der Waals surface area contributed by atoms with Crippen molar-refractivity contribution in [3.05, 3.63) is 41.5 Å². The Morgan fingerprint density at radius 2 is 2.26 bits per heavy atom. The molecule has 1 unspecified atom stereocenters. The number of rotatable bonds is 6. The van der Waals surface area contributed by atoms with Gasteiger partial charge in [-0.2, -0.15) is 4.98 Å². The van der Waals surface area contributed by atoms with E-state index in [0.29, 0.717) is 12.4 Å². The van der Waals surface area contributed by atoms with Gasteiger partial charge in [0, 0.05) is 6.04 Å². The molecular weight excluding hydrogens is 242 g/mol. The van der Waals surface area contributed by atoms with E-state index in [-0.39, 0.29) is 6.04 Å². The van der Waals surface area contributed by atoms with E-state index in [1.165, 1.54) is 6.39 Å². The lowest BCUT2D eigenvalue weighted by Gasteiger charge is -2.15. The number of aromatic nitrogens is 2. The lowest BCUT2D eigenvalue weighted by atomic mass is 10.0.